The molecule has 0 radical (unpaired) electrons. The molecule has 10 heteroatoms. The molecule has 0 aliphatic heterocycles. The average molecular weight is 435 g/mol. The average Bonchev–Trinajstić information content (AvgIpc) is 2.70. The minimum absolute atomic E-state index is 0.0406. The molecule has 0 N–H and O–H groups in total. The van der Waals surface area contributed by atoms with Gasteiger partial charge in [-0.25, -0.2) is 13.2 Å². The molecule has 3 aromatic rings. The van der Waals surface area contributed by atoms with Gasteiger partial charge in [0.2, 0.25) is 0 Å². The highest BCUT2D eigenvalue weighted by atomic mass is 35.5. The molecule has 0 fully saturated rings. The number of carbonyl (C=O) groups excluding carboxylic acids is 1. The van der Waals surface area contributed by atoms with Gasteiger partial charge in [-0.15, -0.1) is 3.97 Å². The number of rotatable bonds is 6. The van der Waals surface area contributed by atoms with E-state index in [2.05, 4.69) is 6.58 Å². The lowest BCUT2D eigenvalue weighted by atomic mass is 10.2. The van der Waals surface area contributed by atoms with Crippen molar-refractivity contribution in [3.63, 3.8) is 0 Å². The highest BCUT2D eigenvalue weighted by molar-refractivity contribution is 7.90. The standard InChI is InChI=1S/C19H15ClN2O6S/c1-2-11-28-17(23)12-21-16-6-4-3-5-15(16)18(24)22(19(21)25)29(26,27)14-9-7-13(20)8-10-14/h2-10H,1,11-12H2. The third-order valence-corrected chi connectivity index (χ3v) is 5.94. The molecule has 0 bridgehead atoms. The summed E-state index contributed by atoms with van der Waals surface area (Å²) < 4.78 is 31.9. The number of benzene rings is 2. The molecule has 29 heavy (non-hydrogen) atoms. The lowest BCUT2D eigenvalue weighted by molar-refractivity contribution is -0.143. The first-order valence-corrected chi connectivity index (χ1v) is 10.1. The SMILES string of the molecule is C=CCOC(=O)Cn1c(=O)n(S(=O)(=O)c2ccc(Cl)cc2)c(=O)c2ccccc21. The van der Waals surface area contributed by atoms with Crippen molar-refractivity contribution in [3.8, 4) is 0 Å². The quantitative estimate of drug-likeness (QED) is 0.432. The van der Waals surface area contributed by atoms with Crippen LogP contribution in [0.1, 0.15) is 0 Å². The number of esters is 1. The first-order valence-electron chi connectivity index (χ1n) is 8.29. The number of hydrogen-bond donors (Lipinski definition) is 0. The van der Waals surface area contributed by atoms with Gasteiger partial charge in [-0.1, -0.05) is 36.4 Å². The smallest absolute Gasteiger partial charge is 0.346 e. The van der Waals surface area contributed by atoms with Gasteiger partial charge >= 0.3 is 11.7 Å². The van der Waals surface area contributed by atoms with Gasteiger partial charge in [0.05, 0.1) is 15.8 Å². The van der Waals surface area contributed by atoms with E-state index < -0.39 is 33.8 Å². The van der Waals surface area contributed by atoms with Crippen LogP contribution < -0.4 is 11.2 Å². The number of fused-ring (bicyclic) bond motifs is 1. The fraction of sp³-hybridized carbons (Fsp3) is 0.105. The Bertz CT molecular complexity index is 1320. The van der Waals surface area contributed by atoms with Crippen LogP contribution in [-0.4, -0.2) is 29.5 Å². The molecule has 0 aliphatic carbocycles. The van der Waals surface area contributed by atoms with E-state index in [0.29, 0.717) is 0 Å². The third kappa shape index (κ3) is 3.87. The van der Waals surface area contributed by atoms with Crippen LogP contribution in [0, 0.1) is 0 Å². The van der Waals surface area contributed by atoms with Gasteiger partial charge in [-0.05, 0) is 36.4 Å². The lowest BCUT2D eigenvalue weighted by Crippen LogP contribution is -2.44. The molecule has 0 aliphatic rings. The zero-order chi connectivity index (χ0) is 21.2. The van der Waals surface area contributed by atoms with Crippen molar-refractivity contribution >= 4 is 38.5 Å². The molecule has 2 aromatic carbocycles. The van der Waals surface area contributed by atoms with Gasteiger partial charge in [0, 0.05) is 5.02 Å². The second-order valence-corrected chi connectivity index (χ2v) is 8.11. The topological polar surface area (TPSA) is 104 Å². The first-order chi connectivity index (χ1) is 13.8. The predicted molar refractivity (Wildman–Crippen MR) is 108 cm³/mol. The molecule has 0 atom stereocenters. The number of halogens is 1. The summed E-state index contributed by atoms with van der Waals surface area (Å²) >= 11 is 5.78. The predicted octanol–water partition coefficient (Wildman–Crippen LogP) is 1.78. The van der Waals surface area contributed by atoms with Crippen molar-refractivity contribution in [1.82, 2.24) is 8.54 Å². The van der Waals surface area contributed by atoms with Crippen molar-refractivity contribution in [3.05, 3.63) is 87.0 Å². The third-order valence-electron chi connectivity index (χ3n) is 4.02. The van der Waals surface area contributed by atoms with E-state index in [0.717, 1.165) is 4.57 Å². The fourth-order valence-electron chi connectivity index (χ4n) is 2.70. The van der Waals surface area contributed by atoms with E-state index in [9.17, 15) is 22.8 Å². The summed E-state index contributed by atoms with van der Waals surface area (Å²) in [6, 6.07) is 10.9. The Kier molecular flexibility index (Phi) is 5.71. The second kappa shape index (κ2) is 8.06. The highest BCUT2D eigenvalue weighted by Crippen LogP contribution is 2.16. The normalized spacial score (nSPS) is 11.3. The van der Waals surface area contributed by atoms with Gasteiger partial charge in [-0.2, -0.15) is 0 Å². The van der Waals surface area contributed by atoms with E-state index >= 15 is 0 Å². The van der Waals surface area contributed by atoms with Crippen molar-refractivity contribution < 1.29 is 17.9 Å². The summed E-state index contributed by atoms with van der Waals surface area (Å²) in [5.41, 5.74) is -2.09. The Balaban J connectivity index is 2.29. The minimum atomic E-state index is -4.54. The molecule has 8 nitrogen and oxygen atoms in total. The Hall–Kier alpha value is -3.17. The van der Waals surface area contributed by atoms with Gasteiger partial charge in [0.25, 0.3) is 15.6 Å². The summed E-state index contributed by atoms with van der Waals surface area (Å²) in [7, 11) is -4.54. The van der Waals surface area contributed by atoms with Crippen LogP contribution in [-0.2, 0) is 26.1 Å². The molecular formula is C19H15ClN2O6S. The summed E-state index contributed by atoms with van der Waals surface area (Å²) in [6.07, 6.45) is 1.35. The molecular weight excluding hydrogens is 420 g/mol. The van der Waals surface area contributed by atoms with Gasteiger partial charge < -0.3 is 4.74 Å². The summed E-state index contributed by atoms with van der Waals surface area (Å²) in [6.45, 7) is 2.77. The van der Waals surface area contributed by atoms with E-state index in [-0.39, 0.29) is 31.4 Å². The molecule has 3 rings (SSSR count). The molecule has 0 amide bonds. The number of ether oxygens (including phenoxy) is 1. The van der Waals surface area contributed by atoms with Crippen molar-refractivity contribution in [2.75, 3.05) is 6.61 Å². The largest absolute Gasteiger partial charge is 0.460 e. The van der Waals surface area contributed by atoms with E-state index in [1.807, 2.05) is 0 Å². The zero-order valence-corrected chi connectivity index (χ0v) is 16.5. The van der Waals surface area contributed by atoms with Crippen LogP contribution in [0.3, 0.4) is 0 Å². The maximum atomic E-state index is 13.0. The maximum absolute atomic E-state index is 13.0. The molecule has 0 unspecified atom stereocenters. The summed E-state index contributed by atoms with van der Waals surface area (Å²) in [5.74, 6) is -0.786. The maximum Gasteiger partial charge on any atom is 0.346 e. The first kappa shape index (κ1) is 20.6. The highest BCUT2D eigenvalue weighted by Gasteiger charge is 2.26. The lowest BCUT2D eigenvalue weighted by Gasteiger charge is -2.14. The van der Waals surface area contributed by atoms with Gasteiger partial charge in [-0.3, -0.25) is 14.2 Å². The monoisotopic (exact) mass is 434 g/mol. The second-order valence-electron chi connectivity index (χ2n) is 5.89. The minimum Gasteiger partial charge on any atom is -0.460 e. The number of nitrogens with zero attached hydrogens (tertiary/aromatic N) is 2. The van der Waals surface area contributed by atoms with E-state index in [4.69, 9.17) is 16.3 Å². The van der Waals surface area contributed by atoms with Gasteiger partial charge in [0.1, 0.15) is 13.2 Å². The van der Waals surface area contributed by atoms with Crippen LogP contribution in [0.25, 0.3) is 10.9 Å². The van der Waals surface area contributed by atoms with Crippen molar-refractivity contribution in [1.29, 1.82) is 0 Å². The van der Waals surface area contributed by atoms with Crippen LogP contribution >= 0.6 is 11.6 Å². The number of aromatic nitrogens is 2. The van der Waals surface area contributed by atoms with Crippen molar-refractivity contribution in [2.45, 2.75) is 11.4 Å². The molecule has 1 heterocycles. The van der Waals surface area contributed by atoms with Crippen LogP contribution in [0.2, 0.25) is 5.02 Å². The Morgan fingerprint density at radius 3 is 2.41 bits per heavy atom. The fourth-order valence-corrected chi connectivity index (χ4v) is 4.14. The molecule has 1 aromatic heterocycles. The zero-order valence-electron chi connectivity index (χ0n) is 14.9. The molecule has 0 saturated carbocycles. The van der Waals surface area contributed by atoms with Crippen molar-refractivity contribution in [2.24, 2.45) is 0 Å². The Morgan fingerprint density at radius 2 is 1.76 bits per heavy atom. The number of para-hydroxylation sites is 1. The summed E-state index contributed by atoms with van der Waals surface area (Å²) in [4.78, 5) is 37.6. The van der Waals surface area contributed by atoms with Crippen LogP contribution in [0.5, 0.6) is 0 Å². The molecule has 0 saturated heterocycles. The Labute approximate surface area is 170 Å². The van der Waals surface area contributed by atoms with E-state index in [1.165, 1.54) is 48.5 Å². The van der Waals surface area contributed by atoms with Crippen LogP contribution in [0.4, 0.5) is 0 Å². The van der Waals surface area contributed by atoms with Gasteiger partial charge in [0.15, 0.2) is 0 Å². The van der Waals surface area contributed by atoms with E-state index in [1.54, 1.807) is 6.07 Å². The van der Waals surface area contributed by atoms with Crippen LogP contribution in [0.15, 0.2) is 75.7 Å². The number of carbonyl (C=O) groups is 1. The Morgan fingerprint density at radius 1 is 1.10 bits per heavy atom. The number of hydrogen-bond acceptors (Lipinski definition) is 6. The summed E-state index contributed by atoms with van der Waals surface area (Å²) in [5, 5.41) is 0.248. The molecule has 150 valence electrons. The molecule has 0 spiro atoms.